The van der Waals surface area contributed by atoms with E-state index in [-0.39, 0.29) is 11.9 Å². The molecule has 2 aromatic rings. The van der Waals surface area contributed by atoms with Gasteiger partial charge in [0.1, 0.15) is 6.33 Å². The molecule has 1 N–H and O–H groups in total. The van der Waals surface area contributed by atoms with E-state index in [1.54, 1.807) is 23.3 Å². The molecule has 8 heteroatoms. The van der Waals surface area contributed by atoms with Crippen LogP contribution in [0, 0.1) is 0 Å². The molecule has 0 saturated heterocycles. The van der Waals surface area contributed by atoms with Gasteiger partial charge in [-0.3, -0.25) is 4.57 Å². The number of halogens is 1. The second-order valence-electron chi connectivity index (χ2n) is 4.38. The molecule has 7 nitrogen and oxygen atoms in total. The molecule has 0 aromatic carbocycles. The fourth-order valence-corrected chi connectivity index (χ4v) is 1.88. The molecule has 0 aliphatic carbocycles. The van der Waals surface area contributed by atoms with Crippen LogP contribution in [0.25, 0.3) is 5.95 Å². The lowest BCUT2D eigenvalue weighted by Gasteiger charge is -2.17. The number of aromatic nitrogens is 5. The highest BCUT2D eigenvalue weighted by Gasteiger charge is 2.10. The van der Waals surface area contributed by atoms with Gasteiger partial charge in [-0.25, -0.2) is 4.98 Å². The first-order valence-electron chi connectivity index (χ1n) is 6.42. The van der Waals surface area contributed by atoms with Gasteiger partial charge in [0.2, 0.25) is 17.2 Å². The zero-order valence-electron chi connectivity index (χ0n) is 11.3. The highest BCUT2D eigenvalue weighted by atomic mass is 35.5. The quantitative estimate of drug-likeness (QED) is 0.776. The molecule has 0 fully saturated rings. The van der Waals surface area contributed by atoms with Crippen molar-refractivity contribution in [1.82, 2.24) is 24.5 Å². The first-order valence-corrected chi connectivity index (χ1v) is 6.80. The first-order chi connectivity index (χ1) is 9.70. The lowest BCUT2D eigenvalue weighted by atomic mass is 10.2. The van der Waals surface area contributed by atoms with E-state index in [0.717, 1.165) is 25.8 Å². The molecular weight excluding hydrogens is 280 g/mol. The van der Waals surface area contributed by atoms with Crippen LogP contribution in [0.1, 0.15) is 19.3 Å². The van der Waals surface area contributed by atoms with Crippen molar-refractivity contribution in [2.75, 3.05) is 25.1 Å². The molecule has 0 atom stereocenters. The Morgan fingerprint density at radius 2 is 2.10 bits per heavy atom. The van der Waals surface area contributed by atoms with Crippen LogP contribution in [0.3, 0.4) is 0 Å². The van der Waals surface area contributed by atoms with Crippen molar-refractivity contribution in [2.24, 2.45) is 0 Å². The minimum Gasteiger partial charge on any atom is -0.396 e. The number of hydrogen-bond acceptors (Lipinski definition) is 6. The third-order valence-corrected chi connectivity index (χ3v) is 2.98. The number of nitrogens with zero attached hydrogens (tertiary/aromatic N) is 6. The molecular formula is C12H17ClN6O. The predicted octanol–water partition coefficient (Wildman–Crippen LogP) is 1.31. The first kappa shape index (κ1) is 14.7. The molecule has 2 rings (SSSR count). The Balaban J connectivity index is 2.07. The van der Waals surface area contributed by atoms with Gasteiger partial charge < -0.3 is 10.0 Å². The summed E-state index contributed by atoms with van der Waals surface area (Å²) in [4.78, 5) is 18.4. The van der Waals surface area contributed by atoms with E-state index in [1.807, 2.05) is 11.9 Å². The molecule has 0 bridgehead atoms. The summed E-state index contributed by atoms with van der Waals surface area (Å²) in [6.45, 7) is 1.02. The summed E-state index contributed by atoms with van der Waals surface area (Å²) < 4.78 is 1.68. The highest BCUT2D eigenvalue weighted by Crippen LogP contribution is 2.13. The second kappa shape index (κ2) is 7.16. The maximum absolute atomic E-state index is 8.75. The molecule has 0 radical (unpaired) electrons. The molecule has 0 unspecified atom stereocenters. The van der Waals surface area contributed by atoms with Crippen molar-refractivity contribution in [2.45, 2.75) is 19.3 Å². The van der Waals surface area contributed by atoms with Crippen LogP contribution in [0.2, 0.25) is 5.28 Å². The summed E-state index contributed by atoms with van der Waals surface area (Å²) in [5, 5.41) is 8.91. The molecule has 0 saturated carbocycles. The maximum Gasteiger partial charge on any atom is 0.241 e. The van der Waals surface area contributed by atoms with Gasteiger partial charge in [0.15, 0.2) is 0 Å². The molecule has 0 spiro atoms. The normalized spacial score (nSPS) is 10.8. The Hall–Kier alpha value is -1.73. The van der Waals surface area contributed by atoms with Gasteiger partial charge in [0.25, 0.3) is 0 Å². The Bertz CT molecular complexity index is 533. The molecule has 0 amide bonds. The minimum absolute atomic E-state index is 0.154. The van der Waals surface area contributed by atoms with Crippen LogP contribution < -0.4 is 4.90 Å². The topological polar surface area (TPSA) is 80.0 Å². The van der Waals surface area contributed by atoms with Crippen molar-refractivity contribution >= 4 is 17.5 Å². The van der Waals surface area contributed by atoms with Crippen molar-refractivity contribution in [3.05, 3.63) is 24.0 Å². The van der Waals surface area contributed by atoms with Gasteiger partial charge in [-0.2, -0.15) is 15.0 Å². The van der Waals surface area contributed by atoms with Crippen LogP contribution in [0.5, 0.6) is 0 Å². The van der Waals surface area contributed by atoms with Gasteiger partial charge in [0.05, 0.1) is 0 Å². The standard InChI is InChI=1S/C12H17ClN6O/c1-18(6-3-2-4-8-20)11-15-10(13)16-12(17-11)19-7-5-14-9-19/h5,7,9,20H,2-4,6,8H2,1H3. The summed E-state index contributed by atoms with van der Waals surface area (Å²) in [6, 6.07) is 0. The highest BCUT2D eigenvalue weighted by molar-refractivity contribution is 6.28. The van der Waals surface area contributed by atoms with E-state index in [0.29, 0.717) is 11.9 Å². The van der Waals surface area contributed by atoms with Crippen LogP contribution in [-0.2, 0) is 0 Å². The SMILES string of the molecule is CN(CCCCCO)c1nc(Cl)nc(-n2ccnc2)n1. The summed E-state index contributed by atoms with van der Waals surface area (Å²) in [5.41, 5.74) is 0. The van der Waals surface area contributed by atoms with E-state index >= 15 is 0 Å². The largest absolute Gasteiger partial charge is 0.396 e. The van der Waals surface area contributed by atoms with Gasteiger partial charge in [-0.05, 0) is 30.9 Å². The second-order valence-corrected chi connectivity index (χ2v) is 4.72. The lowest BCUT2D eigenvalue weighted by Crippen LogP contribution is -2.22. The average molecular weight is 297 g/mol. The number of rotatable bonds is 7. The fourth-order valence-electron chi connectivity index (χ4n) is 1.73. The number of anilines is 1. The summed E-state index contributed by atoms with van der Waals surface area (Å²) in [6.07, 6.45) is 7.74. The van der Waals surface area contributed by atoms with Gasteiger partial charge in [-0.1, -0.05) is 0 Å². The molecule has 108 valence electrons. The zero-order chi connectivity index (χ0) is 14.4. The Morgan fingerprint density at radius 1 is 1.25 bits per heavy atom. The number of aliphatic hydroxyl groups excluding tert-OH is 1. The van der Waals surface area contributed by atoms with E-state index in [1.165, 1.54) is 0 Å². The summed E-state index contributed by atoms with van der Waals surface area (Å²) in [5.74, 6) is 0.970. The maximum atomic E-state index is 8.75. The predicted molar refractivity (Wildman–Crippen MR) is 76.2 cm³/mol. The number of unbranched alkanes of at least 4 members (excludes halogenated alkanes) is 2. The molecule has 0 aliphatic heterocycles. The monoisotopic (exact) mass is 296 g/mol. The van der Waals surface area contributed by atoms with Crippen LogP contribution in [-0.4, -0.2) is 49.8 Å². The zero-order valence-corrected chi connectivity index (χ0v) is 12.0. The Kier molecular flexibility index (Phi) is 5.25. The van der Waals surface area contributed by atoms with Crippen LogP contribution in [0.4, 0.5) is 5.95 Å². The number of hydrogen-bond donors (Lipinski definition) is 1. The third-order valence-electron chi connectivity index (χ3n) is 2.81. The van der Waals surface area contributed by atoms with Crippen molar-refractivity contribution < 1.29 is 5.11 Å². The third kappa shape index (κ3) is 3.88. The Labute approximate surface area is 122 Å². The number of aliphatic hydroxyl groups is 1. The number of imidazole rings is 1. The summed E-state index contributed by atoms with van der Waals surface area (Å²) in [7, 11) is 1.91. The van der Waals surface area contributed by atoms with E-state index in [9.17, 15) is 0 Å². The molecule has 2 aromatic heterocycles. The van der Waals surface area contributed by atoms with Crippen molar-refractivity contribution in [3.63, 3.8) is 0 Å². The Morgan fingerprint density at radius 3 is 2.80 bits per heavy atom. The fraction of sp³-hybridized carbons (Fsp3) is 0.500. The van der Waals surface area contributed by atoms with Gasteiger partial charge in [0, 0.05) is 32.6 Å². The van der Waals surface area contributed by atoms with Gasteiger partial charge in [-0.15, -0.1) is 0 Å². The average Bonchev–Trinajstić information content (AvgIpc) is 2.97. The lowest BCUT2D eigenvalue weighted by molar-refractivity contribution is 0.283. The van der Waals surface area contributed by atoms with E-state index < -0.39 is 0 Å². The van der Waals surface area contributed by atoms with E-state index in [2.05, 4.69) is 19.9 Å². The van der Waals surface area contributed by atoms with Gasteiger partial charge >= 0.3 is 0 Å². The molecule has 20 heavy (non-hydrogen) atoms. The molecule has 0 aliphatic rings. The van der Waals surface area contributed by atoms with E-state index in [4.69, 9.17) is 16.7 Å². The smallest absolute Gasteiger partial charge is 0.241 e. The summed E-state index contributed by atoms with van der Waals surface area (Å²) >= 11 is 5.94. The van der Waals surface area contributed by atoms with Crippen molar-refractivity contribution in [3.8, 4) is 5.95 Å². The van der Waals surface area contributed by atoms with Crippen LogP contribution >= 0.6 is 11.6 Å². The minimum atomic E-state index is 0.154. The van der Waals surface area contributed by atoms with Crippen molar-refractivity contribution in [1.29, 1.82) is 0 Å². The van der Waals surface area contributed by atoms with Crippen LogP contribution in [0.15, 0.2) is 18.7 Å². The molecule has 2 heterocycles.